The average Bonchev–Trinajstić information content (AvgIpc) is 2.53. The quantitative estimate of drug-likeness (QED) is 0.594. The summed E-state index contributed by atoms with van der Waals surface area (Å²) in [6, 6.07) is 0. The van der Waals surface area contributed by atoms with E-state index in [0.717, 1.165) is 19.6 Å². The molecule has 2 rings (SSSR count). The van der Waals surface area contributed by atoms with Crippen molar-refractivity contribution in [1.82, 2.24) is 0 Å². The fraction of sp³-hybridized carbons (Fsp3) is 1.00. The second-order valence-corrected chi connectivity index (χ2v) is 3.02. The van der Waals surface area contributed by atoms with E-state index in [1.807, 2.05) is 6.92 Å². The zero-order valence-electron chi connectivity index (χ0n) is 6.79. The van der Waals surface area contributed by atoms with E-state index in [1.54, 1.807) is 0 Å². The average molecular weight is 158 g/mol. The Bertz CT molecular complexity index is 135. The molecular formula is C8H14O3. The smallest absolute Gasteiger partial charge is 0.163 e. The molecule has 2 saturated heterocycles. The van der Waals surface area contributed by atoms with E-state index in [-0.39, 0.29) is 12.4 Å². The molecule has 0 amide bonds. The highest BCUT2D eigenvalue weighted by Crippen LogP contribution is 2.32. The fourth-order valence-corrected chi connectivity index (χ4v) is 1.81. The van der Waals surface area contributed by atoms with Crippen molar-refractivity contribution in [3.63, 3.8) is 0 Å². The zero-order chi connectivity index (χ0) is 7.68. The van der Waals surface area contributed by atoms with Crippen LogP contribution in [0.4, 0.5) is 0 Å². The van der Waals surface area contributed by atoms with Crippen molar-refractivity contribution < 1.29 is 14.2 Å². The molecule has 0 aromatic rings. The third kappa shape index (κ3) is 1.28. The normalized spacial score (nSPS) is 42.8. The molecule has 64 valence electrons. The van der Waals surface area contributed by atoms with Gasteiger partial charge in [0.25, 0.3) is 0 Å². The number of hydrogen-bond acceptors (Lipinski definition) is 3. The van der Waals surface area contributed by atoms with Gasteiger partial charge in [0.1, 0.15) is 0 Å². The summed E-state index contributed by atoms with van der Waals surface area (Å²) in [7, 11) is 0. The van der Waals surface area contributed by atoms with Crippen LogP contribution in [0.25, 0.3) is 0 Å². The topological polar surface area (TPSA) is 27.7 Å². The van der Waals surface area contributed by atoms with Gasteiger partial charge in [-0.1, -0.05) is 0 Å². The highest BCUT2D eigenvalue weighted by Gasteiger charge is 2.41. The molecule has 3 heteroatoms. The molecule has 2 heterocycles. The van der Waals surface area contributed by atoms with Crippen LogP contribution in [0, 0.1) is 5.92 Å². The number of rotatable bonds is 2. The van der Waals surface area contributed by atoms with Gasteiger partial charge in [-0.15, -0.1) is 0 Å². The Hall–Kier alpha value is -0.120. The highest BCUT2D eigenvalue weighted by molar-refractivity contribution is 4.83. The van der Waals surface area contributed by atoms with Crippen LogP contribution in [0.5, 0.6) is 0 Å². The summed E-state index contributed by atoms with van der Waals surface area (Å²) in [6.07, 6.45) is 1.41. The molecule has 0 aliphatic carbocycles. The Balaban J connectivity index is 1.92. The van der Waals surface area contributed by atoms with E-state index < -0.39 is 0 Å². The van der Waals surface area contributed by atoms with E-state index in [9.17, 15) is 0 Å². The summed E-state index contributed by atoms with van der Waals surface area (Å²) >= 11 is 0. The van der Waals surface area contributed by atoms with Crippen LogP contribution in [0.15, 0.2) is 0 Å². The first kappa shape index (κ1) is 7.53. The summed E-state index contributed by atoms with van der Waals surface area (Å²) in [6.45, 7) is 4.34. The molecule has 0 saturated carbocycles. The highest BCUT2D eigenvalue weighted by atomic mass is 16.7. The van der Waals surface area contributed by atoms with Crippen molar-refractivity contribution in [2.45, 2.75) is 25.7 Å². The number of hydrogen-bond donors (Lipinski definition) is 0. The Morgan fingerprint density at radius 2 is 2.36 bits per heavy atom. The number of fused-ring (bicyclic) bond motifs is 1. The zero-order valence-corrected chi connectivity index (χ0v) is 6.79. The van der Waals surface area contributed by atoms with E-state index in [4.69, 9.17) is 14.2 Å². The Kier molecular flexibility index (Phi) is 2.11. The standard InChI is InChI=1S/C8H14O3/c1-2-9-7-5-11-8-6(7)3-4-10-8/h6-8H,2-5H2,1H3/t6-,7-,8+/m1/s1. The molecule has 0 N–H and O–H groups in total. The molecule has 0 aromatic heterocycles. The van der Waals surface area contributed by atoms with Crippen molar-refractivity contribution >= 4 is 0 Å². The maximum absolute atomic E-state index is 5.51. The molecule has 0 bridgehead atoms. The molecule has 2 aliphatic heterocycles. The van der Waals surface area contributed by atoms with E-state index >= 15 is 0 Å². The minimum Gasteiger partial charge on any atom is -0.376 e. The monoisotopic (exact) mass is 158 g/mol. The van der Waals surface area contributed by atoms with Crippen LogP contribution < -0.4 is 0 Å². The molecule has 0 spiro atoms. The second-order valence-electron chi connectivity index (χ2n) is 3.02. The van der Waals surface area contributed by atoms with Gasteiger partial charge in [0, 0.05) is 12.5 Å². The van der Waals surface area contributed by atoms with Crippen molar-refractivity contribution in [2.24, 2.45) is 5.92 Å². The SMILES string of the molecule is CCO[C@@H]1CO[C@@H]2OCC[C@@H]21. The largest absolute Gasteiger partial charge is 0.376 e. The van der Waals surface area contributed by atoms with E-state index in [2.05, 4.69) is 0 Å². The van der Waals surface area contributed by atoms with Crippen LogP contribution in [0.1, 0.15) is 13.3 Å². The molecule has 0 unspecified atom stereocenters. The Morgan fingerprint density at radius 3 is 3.18 bits per heavy atom. The van der Waals surface area contributed by atoms with Crippen molar-refractivity contribution in [3.05, 3.63) is 0 Å². The molecule has 0 radical (unpaired) electrons. The summed E-state index contributed by atoms with van der Waals surface area (Å²) in [5.41, 5.74) is 0. The molecule has 3 nitrogen and oxygen atoms in total. The van der Waals surface area contributed by atoms with E-state index in [0.29, 0.717) is 12.5 Å². The molecule has 3 atom stereocenters. The van der Waals surface area contributed by atoms with Gasteiger partial charge in [-0.2, -0.15) is 0 Å². The summed E-state index contributed by atoms with van der Waals surface area (Å²) in [4.78, 5) is 0. The third-order valence-corrected chi connectivity index (χ3v) is 2.37. The molecule has 2 fully saturated rings. The van der Waals surface area contributed by atoms with Crippen LogP contribution in [-0.4, -0.2) is 32.2 Å². The maximum Gasteiger partial charge on any atom is 0.163 e. The number of ether oxygens (including phenoxy) is 3. The first-order valence-electron chi connectivity index (χ1n) is 4.26. The first-order chi connectivity index (χ1) is 5.42. The van der Waals surface area contributed by atoms with Crippen LogP contribution in [0.2, 0.25) is 0 Å². The van der Waals surface area contributed by atoms with Gasteiger partial charge in [-0.25, -0.2) is 0 Å². The summed E-state index contributed by atoms with van der Waals surface area (Å²) in [5, 5.41) is 0. The third-order valence-electron chi connectivity index (χ3n) is 2.37. The Morgan fingerprint density at radius 1 is 1.45 bits per heavy atom. The lowest BCUT2D eigenvalue weighted by molar-refractivity contribution is -0.0908. The molecule has 11 heavy (non-hydrogen) atoms. The van der Waals surface area contributed by atoms with Crippen LogP contribution in [0.3, 0.4) is 0 Å². The van der Waals surface area contributed by atoms with Gasteiger partial charge in [-0.3, -0.25) is 0 Å². The molecular weight excluding hydrogens is 144 g/mol. The van der Waals surface area contributed by atoms with Crippen molar-refractivity contribution in [1.29, 1.82) is 0 Å². The van der Waals surface area contributed by atoms with Crippen molar-refractivity contribution in [3.8, 4) is 0 Å². The summed E-state index contributed by atoms with van der Waals surface area (Å²) in [5.74, 6) is 0.495. The van der Waals surface area contributed by atoms with Gasteiger partial charge < -0.3 is 14.2 Å². The van der Waals surface area contributed by atoms with Crippen molar-refractivity contribution in [2.75, 3.05) is 19.8 Å². The lowest BCUT2D eigenvalue weighted by atomic mass is 10.0. The second kappa shape index (κ2) is 3.09. The van der Waals surface area contributed by atoms with Gasteiger partial charge >= 0.3 is 0 Å². The first-order valence-corrected chi connectivity index (χ1v) is 4.26. The van der Waals surface area contributed by atoms with Crippen LogP contribution in [-0.2, 0) is 14.2 Å². The van der Waals surface area contributed by atoms with Crippen LogP contribution >= 0.6 is 0 Å². The van der Waals surface area contributed by atoms with Gasteiger partial charge in [0.15, 0.2) is 6.29 Å². The maximum atomic E-state index is 5.51. The lowest BCUT2D eigenvalue weighted by Crippen LogP contribution is -2.22. The minimum absolute atomic E-state index is 0.0338. The minimum atomic E-state index is 0.0338. The molecule has 2 aliphatic rings. The predicted octanol–water partition coefficient (Wildman–Crippen LogP) is 0.784. The lowest BCUT2D eigenvalue weighted by Gasteiger charge is -2.13. The fourth-order valence-electron chi connectivity index (χ4n) is 1.81. The Labute approximate surface area is 66.6 Å². The molecule has 0 aromatic carbocycles. The summed E-state index contributed by atoms with van der Waals surface area (Å²) < 4.78 is 16.3. The van der Waals surface area contributed by atoms with Gasteiger partial charge in [0.05, 0.1) is 19.3 Å². The van der Waals surface area contributed by atoms with E-state index in [1.165, 1.54) is 0 Å². The van der Waals surface area contributed by atoms with Gasteiger partial charge in [-0.05, 0) is 13.3 Å². The predicted molar refractivity (Wildman–Crippen MR) is 39.2 cm³/mol. The van der Waals surface area contributed by atoms with Gasteiger partial charge in [0.2, 0.25) is 0 Å².